The predicted molar refractivity (Wildman–Crippen MR) is 99.2 cm³/mol. The number of nitrogens with one attached hydrogen (secondary N) is 1. The summed E-state index contributed by atoms with van der Waals surface area (Å²) in [5, 5.41) is 14.2. The molecule has 0 aliphatic carbocycles. The summed E-state index contributed by atoms with van der Waals surface area (Å²) in [6.45, 7) is 7.94. The molecule has 0 aliphatic rings. The second kappa shape index (κ2) is 6.74. The van der Waals surface area contributed by atoms with Crippen LogP contribution in [0.4, 0.5) is 17.5 Å². The second-order valence-corrected chi connectivity index (χ2v) is 5.71. The molecule has 24 heavy (non-hydrogen) atoms. The first kappa shape index (κ1) is 16.1. The minimum atomic E-state index is 0.182. The maximum absolute atomic E-state index is 10.1. The molecule has 0 unspecified atom stereocenters. The van der Waals surface area contributed by atoms with Crippen molar-refractivity contribution in [3.63, 3.8) is 0 Å². The van der Waals surface area contributed by atoms with E-state index in [1.54, 1.807) is 6.07 Å². The fourth-order valence-electron chi connectivity index (χ4n) is 2.75. The highest BCUT2D eigenvalue weighted by atomic mass is 16.3. The van der Waals surface area contributed by atoms with Gasteiger partial charge in [0.15, 0.2) is 0 Å². The van der Waals surface area contributed by atoms with Crippen LogP contribution in [-0.4, -0.2) is 28.2 Å². The van der Waals surface area contributed by atoms with E-state index in [4.69, 9.17) is 4.98 Å². The van der Waals surface area contributed by atoms with Crippen LogP contribution in [0.3, 0.4) is 0 Å². The van der Waals surface area contributed by atoms with Crippen LogP contribution < -0.4 is 10.2 Å². The summed E-state index contributed by atoms with van der Waals surface area (Å²) in [5.41, 5.74) is 2.54. The van der Waals surface area contributed by atoms with Crippen LogP contribution in [0.5, 0.6) is 5.75 Å². The number of nitrogens with zero attached hydrogens (tertiary/aromatic N) is 3. The zero-order valence-electron chi connectivity index (χ0n) is 14.2. The number of phenols is 1. The zero-order chi connectivity index (χ0) is 17.1. The van der Waals surface area contributed by atoms with E-state index < -0.39 is 0 Å². The van der Waals surface area contributed by atoms with E-state index in [-0.39, 0.29) is 5.75 Å². The Bertz CT molecular complexity index is 859. The third-order valence-corrected chi connectivity index (χ3v) is 4.04. The third kappa shape index (κ3) is 3.11. The molecule has 0 radical (unpaired) electrons. The van der Waals surface area contributed by atoms with Crippen LogP contribution in [-0.2, 0) is 0 Å². The number of aromatic nitrogens is 2. The first-order valence-corrected chi connectivity index (χ1v) is 8.20. The Morgan fingerprint density at radius 3 is 2.54 bits per heavy atom. The van der Waals surface area contributed by atoms with Gasteiger partial charge in [-0.3, -0.25) is 0 Å². The zero-order valence-corrected chi connectivity index (χ0v) is 14.2. The Labute approximate surface area is 142 Å². The minimum absolute atomic E-state index is 0.182. The highest BCUT2D eigenvalue weighted by Crippen LogP contribution is 2.29. The highest BCUT2D eigenvalue weighted by molar-refractivity contribution is 5.90. The molecule has 0 spiro atoms. The van der Waals surface area contributed by atoms with Gasteiger partial charge >= 0.3 is 0 Å². The number of para-hydroxylation sites is 1. The molecule has 3 aromatic rings. The number of hydrogen-bond acceptors (Lipinski definition) is 5. The summed E-state index contributed by atoms with van der Waals surface area (Å²) in [5.74, 6) is 1.57. The van der Waals surface area contributed by atoms with Gasteiger partial charge in [-0.25, -0.2) is 4.98 Å². The number of aryl methyl sites for hydroxylation is 1. The minimum Gasteiger partial charge on any atom is -0.506 e. The first-order valence-electron chi connectivity index (χ1n) is 8.20. The average Bonchev–Trinajstić information content (AvgIpc) is 2.59. The molecule has 0 saturated carbocycles. The van der Waals surface area contributed by atoms with Crippen LogP contribution in [0.25, 0.3) is 10.9 Å². The molecule has 0 bridgehead atoms. The van der Waals surface area contributed by atoms with Crippen molar-refractivity contribution >= 4 is 28.4 Å². The van der Waals surface area contributed by atoms with E-state index >= 15 is 0 Å². The number of phenolic OH excluding ortho intramolecular Hbond substituents is 1. The van der Waals surface area contributed by atoms with E-state index in [0.29, 0.717) is 11.6 Å². The van der Waals surface area contributed by atoms with Gasteiger partial charge in [0.05, 0.1) is 11.2 Å². The van der Waals surface area contributed by atoms with Crippen LogP contribution in [0.2, 0.25) is 0 Å². The summed E-state index contributed by atoms with van der Waals surface area (Å²) in [4.78, 5) is 11.5. The molecular formula is C19H22N4O. The number of benzene rings is 2. The van der Waals surface area contributed by atoms with Gasteiger partial charge in [0, 0.05) is 18.5 Å². The molecule has 0 fully saturated rings. The van der Waals surface area contributed by atoms with Crippen molar-refractivity contribution in [3.05, 3.63) is 48.0 Å². The highest BCUT2D eigenvalue weighted by Gasteiger charge is 2.13. The molecule has 0 aliphatic heterocycles. The smallest absolute Gasteiger partial charge is 0.229 e. The van der Waals surface area contributed by atoms with Crippen molar-refractivity contribution in [1.82, 2.24) is 9.97 Å². The Morgan fingerprint density at radius 2 is 1.79 bits per heavy atom. The summed E-state index contributed by atoms with van der Waals surface area (Å²) < 4.78 is 0. The number of fused-ring (bicyclic) bond motifs is 1. The van der Waals surface area contributed by atoms with Crippen molar-refractivity contribution < 1.29 is 5.11 Å². The normalized spacial score (nSPS) is 10.8. The lowest BCUT2D eigenvalue weighted by molar-refractivity contribution is 0.477. The number of rotatable bonds is 5. The summed E-state index contributed by atoms with van der Waals surface area (Å²) in [7, 11) is 0. The van der Waals surface area contributed by atoms with E-state index in [2.05, 4.69) is 29.0 Å². The van der Waals surface area contributed by atoms with Crippen LogP contribution in [0.1, 0.15) is 19.4 Å². The number of aromatic hydroxyl groups is 1. The predicted octanol–water partition coefficient (Wildman–Crippen LogP) is 4.23. The molecule has 2 aromatic carbocycles. The Kier molecular flexibility index (Phi) is 4.51. The largest absolute Gasteiger partial charge is 0.506 e. The van der Waals surface area contributed by atoms with Gasteiger partial charge in [0.25, 0.3) is 0 Å². The van der Waals surface area contributed by atoms with Crippen LogP contribution in [0.15, 0.2) is 42.5 Å². The van der Waals surface area contributed by atoms with Crippen LogP contribution in [0, 0.1) is 6.92 Å². The van der Waals surface area contributed by atoms with Gasteiger partial charge in [-0.1, -0.05) is 18.2 Å². The molecule has 2 N–H and O–H groups in total. The molecular weight excluding hydrogens is 300 g/mol. The van der Waals surface area contributed by atoms with Gasteiger partial charge in [-0.15, -0.1) is 0 Å². The van der Waals surface area contributed by atoms with Crippen molar-refractivity contribution in [1.29, 1.82) is 0 Å². The van der Waals surface area contributed by atoms with E-state index in [9.17, 15) is 5.11 Å². The van der Waals surface area contributed by atoms with Crippen molar-refractivity contribution in [3.8, 4) is 5.75 Å². The molecule has 0 amide bonds. The third-order valence-electron chi connectivity index (χ3n) is 4.04. The lowest BCUT2D eigenvalue weighted by Crippen LogP contribution is -2.23. The Morgan fingerprint density at radius 1 is 1.04 bits per heavy atom. The van der Waals surface area contributed by atoms with Crippen LogP contribution >= 0.6 is 0 Å². The lowest BCUT2D eigenvalue weighted by atomic mass is 10.2. The van der Waals surface area contributed by atoms with Crippen molar-refractivity contribution in [2.24, 2.45) is 0 Å². The molecule has 124 valence electrons. The second-order valence-electron chi connectivity index (χ2n) is 5.71. The molecule has 1 aromatic heterocycles. The van der Waals surface area contributed by atoms with Crippen molar-refractivity contribution in [2.45, 2.75) is 20.8 Å². The fraction of sp³-hybridized carbons (Fsp3) is 0.263. The number of hydrogen-bond donors (Lipinski definition) is 2. The van der Waals surface area contributed by atoms with Gasteiger partial charge in [0.1, 0.15) is 11.6 Å². The van der Waals surface area contributed by atoms with Gasteiger partial charge < -0.3 is 15.3 Å². The first-order chi connectivity index (χ1) is 11.6. The molecule has 5 heteroatoms. The standard InChI is InChI=1S/C19H22N4O/c1-4-23(5-2)18-14-8-6-7-9-15(14)20-19(22-18)21-16-12-13(3)10-11-17(16)24/h6-12,24H,4-5H2,1-3H3,(H,20,21,22). The van der Waals surface area contributed by atoms with E-state index in [1.807, 2.05) is 43.3 Å². The van der Waals surface area contributed by atoms with Gasteiger partial charge in [0.2, 0.25) is 5.95 Å². The molecule has 3 rings (SSSR count). The Hall–Kier alpha value is -2.82. The SMILES string of the molecule is CCN(CC)c1nc(Nc2cc(C)ccc2O)nc2ccccc12. The maximum atomic E-state index is 10.1. The summed E-state index contributed by atoms with van der Waals surface area (Å²) in [6.07, 6.45) is 0. The maximum Gasteiger partial charge on any atom is 0.229 e. The van der Waals surface area contributed by atoms with E-state index in [1.165, 1.54) is 0 Å². The quantitative estimate of drug-likeness (QED) is 0.688. The molecule has 0 saturated heterocycles. The van der Waals surface area contributed by atoms with Gasteiger partial charge in [-0.2, -0.15) is 4.98 Å². The molecule has 5 nitrogen and oxygen atoms in total. The summed E-state index contributed by atoms with van der Waals surface area (Å²) in [6, 6.07) is 13.4. The van der Waals surface area contributed by atoms with E-state index in [0.717, 1.165) is 35.4 Å². The monoisotopic (exact) mass is 322 g/mol. The lowest BCUT2D eigenvalue weighted by Gasteiger charge is -2.22. The Balaban J connectivity index is 2.10. The fourth-order valence-corrected chi connectivity index (χ4v) is 2.75. The van der Waals surface area contributed by atoms with Crippen molar-refractivity contribution in [2.75, 3.05) is 23.3 Å². The number of anilines is 3. The average molecular weight is 322 g/mol. The molecule has 1 heterocycles. The topological polar surface area (TPSA) is 61.3 Å². The summed E-state index contributed by atoms with van der Waals surface area (Å²) >= 11 is 0. The molecule has 0 atom stereocenters. The van der Waals surface area contributed by atoms with Gasteiger partial charge in [-0.05, 0) is 50.6 Å².